The molecule has 0 aromatic rings. The van der Waals surface area contributed by atoms with Gasteiger partial charge in [-0.3, -0.25) is 0 Å². The summed E-state index contributed by atoms with van der Waals surface area (Å²) in [6.07, 6.45) is 1.57. The molecule has 3 rings (SSSR count). The van der Waals surface area contributed by atoms with Crippen molar-refractivity contribution in [3.8, 4) is 0 Å². The van der Waals surface area contributed by atoms with Crippen LogP contribution in [0.5, 0.6) is 0 Å². The van der Waals surface area contributed by atoms with Crippen molar-refractivity contribution in [2.45, 2.75) is 27.2 Å². The lowest BCUT2D eigenvalue weighted by molar-refractivity contribution is 0.368. The minimum atomic E-state index is 0.755. The molecule has 3 saturated carbocycles. The maximum absolute atomic E-state index is 2.46. The van der Waals surface area contributed by atoms with Gasteiger partial charge >= 0.3 is 0 Å². The van der Waals surface area contributed by atoms with Crippen molar-refractivity contribution in [2.75, 3.05) is 0 Å². The third kappa shape index (κ3) is 0.104. The van der Waals surface area contributed by atoms with Crippen LogP contribution in [0.15, 0.2) is 0 Å². The quantitative estimate of drug-likeness (QED) is 0.445. The molecule has 0 amide bonds. The molecule has 0 saturated heterocycles. The van der Waals surface area contributed by atoms with Crippen LogP contribution in [0.1, 0.15) is 27.2 Å². The molecular weight excluding hydrogens is 96.1 g/mol. The van der Waals surface area contributed by atoms with E-state index in [0.717, 1.165) is 16.2 Å². The lowest BCUT2D eigenvalue weighted by Gasteiger charge is -2.11. The van der Waals surface area contributed by atoms with Crippen LogP contribution >= 0.6 is 0 Å². The van der Waals surface area contributed by atoms with E-state index in [2.05, 4.69) is 20.8 Å². The largest absolute Gasteiger partial charge is 0.0588 e. The van der Waals surface area contributed by atoms with Gasteiger partial charge in [0.15, 0.2) is 0 Å². The molecule has 0 bridgehead atoms. The number of hydrogen-bond donors (Lipinski definition) is 0. The zero-order chi connectivity index (χ0) is 5.78. The Morgan fingerprint density at radius 2 is 1.75 bits per heavy atom. The summed E-state index contributed by atoms with van der Waals surface area (Å²) in [5, 5.41) is 0. The molecule has 1 spiro atoms. The SMILES string of the molecule is CC1(C)C2(C)C3CC312. The standard InChI is InChI=1S/C8H12/c1-6(2)7(3)5-4-8(5,6)7/h5H,4H2,1-3H3. The molecule has 0 radical (unpaired) electrons. The minimum Gasteiger partial charge on any atom is -0.0588 e. The van der Waals surface area contributed by atoms with E-state index < -0.39 is 0 Å². The zero-order valence-electron chi connectivity index (χ0n) is 5.78. The van der Waals surface area contributed by atoms with Gasteiger partial charge in [0.2, 0.25) is 0 Å². The van der Waals surface area contributed by atoms with Crippen LogP contribution in [0.2, 0.25) is 0 Å². The number of rotatable bonds is 0. The molecule has 0 aliphatic heterocycles. The van der Waals surface area contributed by atoms with Gasteiger partial charge in [0.25, 0.3) is 0 Å². The summed E-state index contributed by atoms with van der Waals surface area (Å²) >= 11 is 0. The van der Waals surface area contributed by atoms with Gasteiger partial charge in [-0.25, -0.2) is 0 Å². The molecule has 0 aromatic carbocycles. The zero-order valence-corrected chi connectivity index (χ0v) is 5.78. The second kappa shape index (κ2) is 0.521. The molecule has 44 valence electrons. The van der Waals surface area contributed by atoms with E-state index in [-0.39, 0.29) is 0 Å². The highest BCUT2D eigenvalue weighted by Gasteiger charge is 3.09. The maximum Gasteiger partial charge on any atom is -0.0142 e. The normalized spacial score (nSPS) is 77.6. The van der Waals surface area contributed by atoms with Gasteiger partial charge in [-0.1, -0.05) is 20.8 Å². The lowest BCUT2D eigenvalue weighted by Crippen LogP contribution is -2.05. The van der Waals surface area contributed by atoms with E-state index in [9.17, 15) is 0 Å². The van der Waals surface area contributed by atoms with Gasteiger partial charge in [0.1, 0.15) is 0 Å². The fraction of sp³-hybridized carbons (Fsp3) is 1.00. The Morgan fingerprint density at radius 3 is 1.75 bits per heavy atom. The summed E-state index contributed by atoms with van der Waals surface area (Å²) in [5.41, 5.74) is 2.52. The molecule has 3 aliphatic rings. The summed E-state index contributed by atoms with van der Waals surface area (Å²) < 4.78 is 0. The first-order chi connectivity index (χ1) is 3.59. The molecule has 3 aliphatic carbocycles. The molecule has 8 heavy (non-hydrogen) atoms. The van der Waals surface area contributed by atoms with Gasteiger partial charge in [-0.15, -0.1) is 0 Å². The fourth-order valence-corrected chi connectivity index (χ4v) is 3.66. The monoisotopic (exact) mass is 108 g/mol. The molecular formula is C8H12. The predicted molar refractivity (Wildman–Crippen MR) is 32.4 cm³/mol. The van der Waals surface area contributed by atoms with E-state index in [1.165, 1.54) is 5.92 Å². The van der Waals surface area contributed by atoms with Crippen LogP contribution in [0.25, 0.3) is 0 Å². The first-order valence-electron chi connectivity index (χ1n) is 3.59. The highest BCUT2D eigenvalue weighted by Crippen LogP contribution is 3.13. The van der Waals surface area contributed by atoms with Crippen LogP contribution in [0.3, 0.4) is 0 Å². The van der Waals surface area contributed by atoms with E-state index in [0.29, 0.717) is 0 Å². The van der Waals surface area contributed by atoms with Crippen LogP contribution < -0.4 is 0 Å². The molecule has 0 heterocycles. The van der Waals surface area contributed by atoms with Crippen LogP contribution in [-0.2, 0) is 0 Å². The van der Waals surface area contributed by atoms with E-state index in [1.807, 2.05) is 0 Å². The summed E-state index contributed by atoms with van der Waals surface area (Å²) in [7, 11) is 0. The Bertz CT molecular complexity index is 164. The molecule has 0 aromatic heterocycles. The predicted octanol–water partition coefficient (Wildman–Crippen LogP) is 2.05. The smallest absolute Gasteiger partial charge is 0.0142 e. The highest BCUT2D eigenvalue weighted by molar-refractivity contribution is 5.55. The Hall–Kier alpha value is 0. The third-order valence-corrected chi connectivity index (χ3v) is 4.85. The average Bonchev–Trinajstić information content (AvgIpc) is 2.49. The van der Waals surface area contributed by atoms with Crippen molar-refractivity contribution in [3.63, 3.8) is 0 Å². The molecule has 3 fully saturated rings. The van der Waals surface area contributed by atoms with Crippen molar-refractivity contribution in [3.05, 3.63) is 0 Å². The molecule has 0 N–H and O–H groups in total. The third-order valence-electron chi connectivity index (χ3n) is 4.85. The van der Waals surface area contributed by atoms with Crippen LogP contribution in [0.4, 0.5) is 0 Å². The molecule has 3 unspecified atom stereocenters. The van der Waals surface area contributed by atoms with Crippen molar-refractivity contribution < 1.29 is 0 Å². The van der Waals surface area contributed by atoms with E-state index in [4.69, 9.17) is 0 Å². The number of fused-ring (bicyclic) bond motifs is 1. The summed E-state index contributed by atoms with van der Waals surface area (Å²) in [5.74, 6) is 1.19. The first-order valence-corrected chi connectivity index (χ1v) is 3.59. The minimum absolute atomic E-state index is 0.755. The average molecular weight is 108 g/mol. The van der Waals surface area contributed by atoms with Gasteiger partial charge in [0.05, 0.1) is 0 Å². The summed E-state index contributed by atoms with van der Waals surface area (Å²) in [6, 6.07) is 0. The first kappa shape index (κ1) is 3.92. The molecule has 0 heteroatoms. The Morgan fingerprint density at radius 1 is 1.25 bits per heavy atom. The van der Waals surface area contributed by atoms with Gasteiger partial charge < -0.3 is 0 Å². The fourth-order valence-electron chi connectivity index (χ4n) is 3.66. The Balaban J connectivity index is 2.16. The second-order valence-corrected chi connectivity index (χ2v) is 4.56. The van der Waals surface area contributed by atoms with E-state index in [1.54, 1.807) is 6.42 Å². The van der Waals surface area contributed by atoms with Crippen molar-refractivity contribution in [2.24, 2.45) is 22.2 Å². The van der Waals surface area contributed by atoms with Crippen LogP contribution in [0, 0.1) is 22.2 Å². The van der Waals surface area contributed by atoms with E-state index >= 15 is 0 Å². The summed E-state index contributed by atoms with van der Waals surface area (Å²) in [6.45, 7) is 7.31. The van der Waals surface area contributed by atoms with Crippen LogP contribution in [-0.4, -0.2) is 0 Å². The number of hydrogen-bond acceptors (Lipinski definition) is 0. The Kier molecular flexibility index (Phi) is 0.255. The topological polar surface area (TPSA) is 0 Å². The molecule has 3 atom stereocenters. The Labute approximate surface area is 50.3 Å². The lowest BCUT2D eigenvalue weighted by atomic mass is 9.93. The maximum atomic E-state index is 2.46. The van der Waals surface area contributed by atoms with Crippen molar-refractivity contribution >= 4 is 0 Å². The summed E-state index contributed by atoms with van der Waals surface area (Å²) in [4.78, 5) is 0. The van der Waals surface area contributed by atoms with Crippen molar-refractivity contribution in [1.82, 2.24) is 0 Å². The molecule has 0 nitrogen and oxygen atoms in total. The van der Waals surface area contributed by atoms with Gasteiger partial charge in [0, 0.05) is 0 Å². The van der Waals surface area contributed by atoms with Crippen molar-refractivity contribution in [1.29, 1.82) is 0 Å². The second-order valence-electron chi connectivity index (χ2n) is 4.56. The van der Waals surface area contributed by atoms with Gasteiger partial charge in [-0.2, -0.15) is 0 Å². The highest BCUT2D eigenvalue weighted by atomic mass is 15.1. The van der Waals surface area contributed by atoms with Gasteiger partial charge in [-0.05, 0) is 28.6 Å².